The van der Waals surface area contributed by atoms with Gasteiger partial charge in [0.2, 0.25) is 0 Å². The Bertz CT molecular complexity index is 1360. The van der Waals surface area contributed by atoms with Crippen LogP contribution >= 0.6 is 27.3 Å². The predicted molar refractivity (Wildman–Crippen MR) is 148 cm³/mol. The molecule has 0 saturated carbocycles. The molecule has 1 aliphatic rings. The van der Waals surface area contributed by atoms with Gasteiger partial charge in [-0.2, -0.15) is 0 Å². The van der Waals surface area contributed by atoms with Gasteiger partial charge in [-0.25, -0.2) is 4.98 Å². The zero-order chi connectivity index (χ0) is 24.4. The Hall–Kier alpha value is -2.90. The number of thiophene rings is 1. The molecule has 2 aromatic heterocycles. The van der Waals surface area contributed by atoms with Gasteiger partial charge in [-0.3, -0.25) is 4.79 Å². The second-order valence-corrected chi connectivity index (χ2v) is 10.6. The molecule has 5 rings (SSSR count). The van der Waals surface area contributed by atoms with Crippen LogP contribution in [-0.2, 0) is 6.42 Å². The Morgan fingerprint density at radius 3 is 2.57 bits per heavy atom. The summed E-state index contributed by atoms with van der Waals surface area (Å²) in [6.45, 7) is 7.63. The fraction of sp³-hybridized carbons (Fsp3) is 0.286. The summed E-state index contributed by atoms with van der Waals surface area (Å²) in [7, 11) is 0. The third-order valence-corrected chi connectivity index (χ3v) is 8.08. The number of halogens is 1. The SMILES string of the molecule is CCOc1ccccc1N1CCN(C(=O)c2cc(-c3ccc(CC)s3)nc3ccc(Br)cc23)CC1. The van der Waals surface area contributed by atoms with Crippen molar-refractivity contribution >= 4 is 49.8 Å². The maximum Gasteiger partial charge on any atom is 0.254 e. The molecule has 0 radical (unpaired) electrons. The Labute approximate surface area is 218 Å². The molecule has 0 bridgehead atoms. The summed E-state index contributed by atoms with van der Waals surface area (Å²) in [5.41, 5.74) is 3.49. The summed E-state index contributed by atoms with van der Waals surface area (Å²) >= 11 is 5.31. The maximum absolute atomic E-state index is 13.8. The third kappa shape index (κ3) is 4.93. The number of amides is 1. The monoisotopic (exact) mass is 549 g/mol. The number of hydrogen-bond acceptors (Lipinski definition) is 5. The molecule has 0 unspecified atom stereocenters. The molecule has 1 fully saturated rings. The Morgan fingerprint density at radius 1 is 1.03 bits per heavy atom. The van der Waals surface area contributed by atoms with Crippen molar-refractivity contribution in [2.45, 2.75) is 20.3 Å². The summed E-state index contributed by atoms with van der Waals surface area (Å²) in [5.74, 6) is 0.952. The van der Waals surface area contributed by atoms with Gasteiger partial charge in [-0.05, 0) is 61.9 Å². The number of carbonyl (C=O) groups excluding carboxylic acids is 1. The minimum Gasteiger partial charge on any atom is -0.492 e. The van der Waals surface area contributed by atoms with Crippen LogP contribution in [-0.4, -0.2) is 48.6 Å². The first-order chi connectivity index (χ1) is 17.1. The van der Waals surface area contributed by atoms with E-state index in [1.54, 1.807) is 11.3 Å². The van der Waals surface area contributed by atoms with Crippen LogP contribution in [0.4, 0.5) is 5.69 Å². The standard InChI is InChI=1S/C28H28BrN3O2S/c1-3-20-10-12-27(35-20)24-18-22(21-17-19(29)9-11-23(21)30-24)28(33)32-15-13-31(14-16-32)25-7-5-6-8-26(25)34-4-2/h5-12,17-18H,3-4,13-16H2,1-2H3. The van der Waals surface area contributed by atoms with Crippen molar-refractivity contribution in [3.05, 3.63) is 75.6 Å². The summed E-state index contributed by atoms with van der Waals surface area (Å²) in [4.78, 5) is 25.4. The number of piperazine rings is 1. The summed E-state index contributed by atoms with van der Waals surface area (Å²) in [5, 5.41) is 0.879. The zero-order valence-electron chi connectivity index (χ0n) is 20.0. The van der Waals surface area contributed by atoms with Crippen LogP contribution in [0.5, 0.6) is 5.75 Å². The molecular weight excluding hydrogens is 522 g/mol. The molecule has 0 N–H and O–H groups in total. The van der Waals surface area contributed by atoms with E-state index in [0.717, 1.165) is 56.9 Å². The number of rotatable bonds is 6. The Kier molecular flexibility index (Phi) is 7.07. The van der Waals surface area contributed by atoms with E-state index in [9.17, 15) is 4.79 Å². The lowest BCUT2D eigenvalue weighted by atomic mass is 10.0. The van der Waals surface area contributed by atoms with Crippen LogP contribution in [0.15, 0.2) is 65.1 Å². The highest BCUT2D eigenvalue weighted by Gasteiger charge is 2.26. The number of anilines is 1. The van der Waals surface area contributed by atoms with E-state index in [-0.39, 0.29) is 5.91 Å². The molecule has 1 amide bonds. The number of ether oxygens (including phenoxy) is 1. The Balaban J connectivity index is 1.43. The Morgan fingerprint density at radius 2 is 1.83 bits per heavy atom. The van der Waals surface area contributed by atoms with Crippen molar-refractivity contribution in [3.8, 4) is 16.3 Å². The van der Waals surface area contributed by atoms with E-state index < -0.39 is 0 Å². The highest BCUT2D eigenvalue weighted by molar-refractivity contribution is 9.10. The van der Waals surface area contributed by atoms with E-state index in [1.165, 1.54) is 4.88 Å². The van der Waals surface area contributed by atoms with Crippen molar-refractivity contribution in [1.29, 1.82) is 0 Å². The van der Waals surface area contributed by atoms with E-state index in [2.05, 4.69) is 46.0 Å². The molecule has 1 saturated heterocycles. The molecule has 5 nitrogen and oxygen atoms in total. The number of fused-ring (bicyclic) bond motifs is 1. The number of hydrogen-bond donors (Lipinski definition) is 0. The number of aryl methyl sites for hydroxylation is 1. The number of para-hydroxylation sites is 2. The van der Waals surface area contributed by atoms with Crippen LogP contribution in [0.3, 0.4) is 0 Å². The van der Waals surface area contributed by atoms with Crippen molar-refractivity contribution < 1.29 is 9.53 Å². The van der Waals surface area contributed by atoms with E-state index in [4.69, 9.17) is 9.72 Å². The third-order valence-electron chi connectivity index (χ3n) is 6.34. The topological polar surface area (TPSA) is 45.7 Å². The molecular formula is C28H28BrN3O2S. The van der Waals surface area contributed by atoms with E-state index in [1.807, 2.05) is 54.3 Å². The van der Waals surface area contributed by atoms with Crippen LogP contribution in [0, 0.1) is 0 Å². The largest absolute Gasteiger partial charge is 0.492 e. The molecule has 1 aliphatic heterocycles. The van der Waals surface area contributed by atoms with Crippen LogP contribution in [0.2, 0.25) is 0 Å². The molecule has 2 aromatic carbocycles. The van der Waals surface area contributed by atoms with Gasteiger partial charge in [0.25, 0.3) is 5.91 Å². The van der Waals surface area contributed by atoms with Crippen LogP contribution < -0.4 is 9.64 Å². The van der Waals surface area contributed by atoms with Crippen molar-refractivity contribution in [2.24, 2.45) is 0 Å². The number of benzene rings is 2. The summed E-state index contributed by atoms with van der Waals surface area (Å²) in [6, 6.07) is 20.3. The number of pyridine rings is 1. The van der Waals surface area contributed by atoms with Crippen LogP contribution in [0.1, 0.15) is 29.1 Å². The van der Waals surface area contributed by atoms with Gasteiger partial charge < -0.3 is 14.5 Å². The normalized spacial score (nSPS) is 13.9. The van der Waals surface area contributed by atoms with E-state index >= 15 is 0 Å². The lowest BCUT2D eigenvalue weighted by molar-refractivity contribution is 0.0748. The first kappa shape index (κ1) is 23.8. The maximum atomic E-state index is 13.8. The van der Waals surface area contributed by atoms with Crippen molar-refractivity contribution in [2.75, 3.05) is 37.7 Å². The van der Waals surface area contributed by atoms with Gasteiger partial charge in [0.1, 0.15) is 5.75 Å². The second kappa shape index (κ2) is 10.4. The lowest BCUT2D eigenvalue weighted by Gasteiger charge is -2.37. The molecule has 3 heterocycles. The smallest absolute Gasteiger partial charge is 0.254 e. The summed E-state index contributed by atoms with van der Waals surface area (Å²) in [6.07, 6.45) is 0.994. The zero-order valence-corrected chi connectivity index (χ0v) is 22.4. The van der Waals surface area contributed by atoms with E-state index in [0.29, 0.717) is 25.3 Å². The number of nitrogens with zero attached hydrogens (tertiary/aromatic N) is 3. The van der Waals surface area contributed by atoms with Gasteiger partial charge in [-0.15, -0.1) is 11.3 Å². The average Bonchev–Trinajstić information content (AvgIpc) is 3.38. The predicted octanol–water partition coefficient (Wildman–Crippen LogP) is 6.65. The van der Waals surface area contributed by atoms with Crippen molar-refractivity contribution in [3.63, 3.8) is 0 Å². The molecule has 0 spiro atoms. The quantitative estimate of drug-likeness (QED) is 0.270. The fourth-order valence-corrected chi connectivity index (χ4v) is 5.79. The van der Waals surface area contributed by atoms with Gasteiger partial charge in [0.05, 0.1) is 33.9 Å². The second-order valence-electron chi connectivity index (χ2n) is 8.52. The first-order valence-corrected chi connectivity index (χ1v) is 13.6. The molecule has 180 valence electrons. The minimum absolute atomic E-state index is 0.0572. The van der Waals surface area contributed by atoms with Gasteiger partial charge in [0, 0.05) is 40.9 Å². The molecule has 0 atom stereocenters. The highest BCUT2D eigenvalue weighted by Crippen LogP contribution is 2.33. The number of carbonyl (C=O) groups is 1. The summed E-state index contributed by atoms with van der Waals surface area (Å²) < 4.78 is 6.77. The lowest BCUT2D eigenvalue weighted by Crippen LogP contribution is -2.49. The van der Waals surface area contributed by atoms with Gasteiger partial charge in [-0.1, -0.05) is 35.0 Å². The van der Waals surface area contributed by atoms with Crippen molar-refractivity contribution in [1.82, 2.24) is 9.88 Å². The first-order valence-electron chi connectivity index (χ1n) is 12.0. The molecule has 35 heavy (non-hydrogen) atoms. The highest BCUT2D eigenvalue weighted by atomic mass is 79.9. The molecule has 4 aromatic rings. The average molecular weight is 551 g/mol. The molecule has 0 aliphatic carbocycles. The van der Waals surface area contributed by atoms with Gasteiger partial charge >= 0.3 is 0 Å². The van der Waals surface area contributed by atoms with Crippen LogP contribution in [0.25, 0.3) is 21.5 Å². The fourth-order valence-electron chi connectivity index (χ4n) is 4.52. The van der Waals surface area contributed by atoms with Gasteiger partial charge in [0.15, 0.2) is 0 Å². The minimum atomic E-state index is 0.0572. The molecule has 7 heteroatoms. The number of aromatic nitrogens is 1.